The van der Waals surface area contributed by atoms with Gasteiger partial charge in [-0.25, -0.2) is 4.79 Å². The summed E-state index contributed by atoms with van der Waals surface area (Å²) in [7, 11) is 0. The smallest absolute Gasteiger partial charge is 0.317 e. The van der Waals surface area contributed by atoms with Crippen LogP contribution in [-0.4, -0.2) is 41.3 Å². The first-order valence-corrected chi connectivity index (χ1v) is 5.49. The van der Waals surface area contributed by atoms with Crippen molar-refractivity contribution in [2.45, 2.75) is 44.2 Å². The summed E-state index contributed by atoms with van der Waals surface area (Å²) in [6, 6.07) is 0.462. The molecule has 1 atom stereocenters. The van der Waals surface area contributed by atoms with Crippen LogP contribution >= 0.6 is 0 Å². The number of hydrogen-bond acceptors (Lipinski definition) is 2. The Labute approximate surface area is 84.3 Å². The van der Waals surface area contributed by atoms with Crippen LogP contribution in [-0.2, 0) is 0 Å². The van der Waals surface area contributed by atoms with E-state index in [4.69, 9.17) is 5.11 Å². The van der Waals surface area contributed by atoms with Gasteiger partial charge in [-0.15, -0.1) is 0 Å². The molecule has 14 heavy (non-hydrogen) atoms. The van der Waals surface area contributed by atoms with E-state index in [2.05, 4.69) is 5.32 Å². The predicted octanol–water partition coefficient (Wildman–Crippen LogP) is 0.705. The third-order valence-electron chi connectivity index (χ3n) is 3.28. The van der Waals surface area contributed by atoms with Crippen molar-refractivity contribution in [2.24, 2.45) is 0 Å². The third-order valence-corrected chi connectivity index (χ3v) is 3.28. The molecule has 1 aliphatic heterocycles. The minimum Gasteiger partial charge on any atom is -0.394 e. The van der Waals surface area contributed by atoms with Crippen molar-refractivity contribution >= 4 is 6.03 Å². The molecule has 2 amide bonds. The molecule has 0 spiro atoms. The zero-order chi connectivity index (χ0) is 9.97. The van der Waals surface area contributed by atoms with Crippen molar-refractivity contribution in [2.75, 3.05) is 13.2 Å². The normalized spacial score (nSPS) is 27.5. The molecule has 0 aromatic rings. The molecular weight excluding hydrogens is 180 g/mol. The van der Waals surface area contributed by atoms with Crippen LogP contribution < -0.4 is 5.32 Å². The molecule has 1 saturated heterocycles. The van der Waals surface area contributed by atoms with Gasteiger partial charge in [0.2, 0.25) is 0 Å². The monoisotopic (exact) mass is 198 g/mol. The molecule has 4 nitrogen and oxygen atoms in total. The number of nitrogens with zero attached hydrogens (tertiary/aromatic N) is 1. The van der Waals surface area contributed by atoms with Crippen LogP contribution in [0.25, 0.3) is 0 Å². The molecule has 0 radical (unpaired) electrons. The van der Waals surface area contributed by atoms with E-state index in [1.54, 1.807) is 4.90 Å². The van der Waals surface area contributed by atoms with E-state index < -0.39 is 0 Å². The summed E-state index contributed by atoms with van der Waals surface area (Å²) >= 11 is 0. The second-order valence-electron chi connectivity index (χ2n) is 4.25. The molecule has 4 heteroatoms. The van der Waals surface area contributed by atoms with Crippen molar-refractivity contribution in [3.05, 3.63) is 0 Å². The van der Waals surface area contributed by atoms with Gasteiger partial charge in [-0.05, 0) is 32.1 Å². The van der Waals surface area contributed by atoms with Crippen molar-refractivity contribution in [3.8, 4) is 0 Å². The fourth-order valence-corrected chi connectivity index (χ4v) is 2.10. The van der Waals surface area contributed by atoms with Gasteiger partial charge in [0.15, 0.2) is 0 Å². The van der Waals surface area contributed by atoms with Crippen LogP contribution in [0.2, 0.25) is 0 Å². The fraction of sp³-hybridized carbons (Fsp3) is 0.900. The Morgan fingerprint density at radius 3 is 2.71 bits per heavy atom. The van der Waals surface area contributed by atoms with E-state index in [1.165, 1.54) is 6.42 Å². The summed E-state index contributed by atoms with van der Waals surface area (Å²) in [6.45, 7) is 0.891. The summed E-state index contributed by atoms with van der Waals surface area (Å²) in [5.74, 6) is 0. The van der Waals surface area contributed by atoms with Gasteiger partial charge in [0.25, 0.3) is 0 Å². The predicted molar refractivity (Wildman–Crippen MR) is 53.0 cm³/mol. The molecule has 2 N–H and O–H groups in total. The molecular formula is C10H18N2O2. The Bertz CT molecular complexity index is 216. The van der Waals surface area contributed by atoms with Crippen LogP contribution in [0, 0.1) is 0 Å². The fourth-order valence-electron chi connectivity index (χ4n) is 2.10. The molecule has 0 aromatic heterocycles. The lowest BCUT2D eigenvalue weighted by molar-refractivity contribution is 0.150. The summed E-state index contributed by atoms with van der Waals surface area (Å²) in [5, 5.41) is 12.1. The van der Waals surface area contributed by atoms with E-state index in [1.807, 2.05) is 0 Å². The lowest BCUT2D eigenvalue weighted by Crippen LogP contribution is -2.49. The first-order valence-electron chi connectivity index (χ1n) is 5.49. The average molecular weight is 198 g/mol. The van der Waals surface area contributed by atoms with Gasteiger partial charge in [0, 0.05) is 12.6 Å². The standard InChI is InChI=1S/C10H18N2O2/c13-7-9-5-2-6-12(9)10(14)11-8-3-1-4-8/h8-9,13H,1-7H2,(H,11,14). The Morgan fingerprint density at radius 1 is 1.36 bits per heavy atom. The van der Waals surface area contributed by atoms with Gasteiger partial charge < -0.3 is 15.3 Å². The van der Waals surface area contributed by atoms with E-state index in [0.717, 1.165) is 32.2 Å². The maximum Gasteiger partial charge on any atom is 0.317 e. The topological polar surface area (TPSA) is 52.6 Å². The Hall–Kier alpha value is -0.770. The molecule has 0 aromatic carbocycles. The molecule has 0 bridgehead atoms. The highest BCUT2D eigenvalue weighted by Gasteiger charge is 2.30. The number of aliphatic hydroxyl groups excluding tert-OH is 1. The lowest BCUT2D eigenvalue weighted by Gasteiger charge is -2.31. The van der Waals surface area contributed by atoms with Crippen molar-refractivity contribution in [1.29, 1.82) is 0 Å². The molecule has 80 valence electrons. The number of urea groups is 1. The zero-order valence-electron chi connectivity index (χ0n) is 8.41. The summed E-state index contributed by atoms with van der Waals surface area (Å²) in [6.07, 6.45) is 5.42. The SMILES string of the molecule is O=C(NC1CCC1)N1CCCC1CO. The Balaban J connectivity index is 1.83. The summed E-state index contributed by atoms with van der Waals surface area (Å²) in [4.78, 5) is 13.5. The maximum absolute atomic E-state index is 11.7. The number of rotatable bonds is 2. The van der Waals surface area contributed by atoms with E-state index in [9.17, 15) is 4.79 Å². The van der Waals surface area contributed by atoms with E-state index in [0.29, 0.717) is 6.04 Å². The average Bonchev–Trinajstić information content (AvgIpc) is 2.58. The highest BCUT2D eigenvalue weighted by Crippen LogP contribution is 2.21. The highest BCUT2D eigenvalue weighted by atomic mass is 16.3. The quantitative estimate of drug-likeness (QED) is 0.686. The summed E-state index contributed by atoms with van der Waals surface area (Å²) < 4.78 is 0. The largest absolute Gasteiger partial charge is 0.394 e. The molecule has 1 heterocycles. The van der Waals surface area contributed by atoms with Gasteiger partial charge in [0.1, 0.15) is 0 Å². The van der Waals surface area contributed by atoms with Gasteiger partial charge in [0.05, 0.1) is 12.6 Å². The number of amides is 2. The van der Waals surface area contributed by atoms with Crippen LogP contribution in [0.3, 0.4) is 0 Å². The minimum absolute atomic E-state index is 0.0197. The molecule has 2 fully saturated rings. The van der Waals surface area contributed by atoms with E-state index in [-0.39, 0.29) is 18.7 Å². The minimum atomic E-state index is 0.0197. The number of hydrogen-bond donors (Lipinski definition) is 2. The summed E-state index contributed by atoms with van der Waals surface area (Å²) in [5.41, 5.74) is 0. The molecule has 1 saturated carbocycles. The Morgan fingerprint density at radius 2 is 2.14 bits per heavy atom. The number of aliphatic hydroxyl groups is 1. The molecule has 2 aliphatic rings. The third kappa shape index (κ3) is 1.85. The number of likely N-dealkylation sites (tertiary alicyclic amines) is 1. The second kappa shape index (κ2) is 4.17. The number of carbonyl (C=O) groups excluding carboxylic acids is 1. The molecule has 2 rings (SSSR count). The van der Waals surface area contributed by atoms with Crippen LogP contribution in [0.4, 0.5) is 4.79 Å². The Kier molecular flexibility index (Phi) is 2.91. The lowest BCUT2D eigenvalue weighted by atomic mass is 9.93. The zero-order valence-corrected chi connectivity index (χ0v) is 8.41. The van der Waals surface area contributed by atoms with Crippen LogP contribution in [0.1, 0.15) is 32.1 Å². The first-order chi connectivity index (χ1) is 6.81. The van der Waals surface area contributed by atoms with Gasteiger partial charge >= 0.3 is 6.03 Å². The molecule has 1 aliphatic carbocycles. The highest BCUT2D eigenvalue weighted by molar-refractivity contribution is 5.75. The first kappa shape index (κ1) is 9.77. The van der Waals surface area contributed by atoms with Crippen molar-refractivity contribution in [1.82, 2.24) is 10.2 Å². The van der Waals surface area contributed by atoms with Gasteiger partial charge in [-0.3, -0.25) is 0 Å². The van der Waals surface area contributed by atoms with Gasteiger partial charge in [-0.2, -0.15) is 0 Å². The van der Waals surface area contributed by atoms with Crippen LogP contribution in [0.5, 0.6) is 0 Å². The molecule has 1 unspecified atom stereocenters. The second-order valence-corrected chi connectivity index (χ2v) is 4.25. The van der Waals surface area contributed by atoms with Gasteiger partial charge in [-0.1, -0.05) is 0 Å². The van der Waals surface area contributed by atoms with Crippen molar-refractivity contribution < 1.29 is 9.90 Å². The number of carbonyl (C=O) groups is 1. The number of nitrogens with one attached hydrogen (secondary N) is 1. The van der Waals surface area contributed by atoms with Crippen molar-refractivity contribution in [3.63, 3.8) is 0 Å². The van der Waals surface area contributed by atoms with E-state index >= 15 is 0 Å². The maximum atomic E-state index is 11.7. The van der Waals surface area contributed by atoms with Crippen LogP contribution in [0.15, 0.2) is 0 Å².